The molecule has 0 amide bonds. The number of carbonyl (C=O) groups is 4. The number of rotatable bonds is 6. The van der Waals surface area contributed by atoms with E-state index in [-0.39, 0.29) is 12.3 Å². The summed E-state index contributed by atoms with van der Waals surface area (Å²) in [5.74, 6) is -2.98. The lowest BCUT2D eigenvalue weighted by atomic mass is 9.49. The number of fused-ring (bicyclic) bond motifs is 3. The van der Waals surface area contributed by atoms with E-state index in [9.17, 15) is 24.3 Å². The van der Waals surface area contributed by atoms with Crippen LogP contribution in [0.25, 0.3) is 6.08 Å². The van der Waals surface area contributed by atoms with Gasteiger partial charge in [0.2, 0.25) is 0 Å². The molecule has 0 spiro atoms. The van der Waals surface area contributed by atoms with Gasteiger partial charge >= 0.3 is 23.9 Å². The molecule has 0 aromatic heterocycles. The van der Waals surface area contributed by atoms with Crippen LogP contribution in [0, 0.1) is 22.7 Å². The van der Waals surface area contributed by atoms with E-state index >= 15 is 0 Å². The van der Waals surface area contributed by atoms with Crippen LogP contribution in [0.5, 0.6) is 0 Å². The fraction of sp³-hybridized carbons (Fsp3) is 0.543. The molecule has 1 aromatic rings. The maximum absolute atomic E-state index is 13.0. The Labute approximate surface area is 259 Å². The molecule has 2 saturated carbocycles. The third-order valence-corrected chi connectivity index (χ3v) is 9.94. The van der Waals surface area contributed by atoms with Crippen molar-refractivity contribution in [1.29, 1.82) is 0 Å². The molecular weight excluding hydrogens is 564 g/mol. The Morgan fingerprint density at radius 1 is 0.886 bits per heavy atom. The van der Waals surface area contributed by atoms with E-state index in [1.165, 1.54) is 26.8 Å². The summed E-state index contributed by atoms with van der Waals surface area (Å²) in [5, 5.41) is 11.2. The van der Waals surface area contributed by atoms with Crippen LogP contribution in [0.15, 0.2) is 59.7 Å². The maximum Gasteiger partial charge on any atom is 0.331 e. The first-order valence-corrected chi connectivity index (χ1v) is 15.1. The van der Waals surface area contributed by atoms with Gasteiger partial charge in [-0.1, -0.05) is 57.7 Å². The Balaban J connectivity index is 1.85. The normalized spacial score (nSPS) is 33.0. The van der Waals surface area contributed by atoms with Gasteiger partial charge < -0.3 is 24.1 Å². The Bertz CT molecular complexity index is 1370. The minimum absolute atomic E-state index is 0.0651. The lowest BCUT2D eigenvalue weighted by Crippen LogP contribution is -2.64. The van der Waals surface area contributed by atoms with E-state index in [4.69, 9.17) is 18.9 Å². The van der Waals surface area contributed by atoms with E-state index in [2.05, 4.69) is 6.58 Å². The van der Waals surface area contributed by atoms with Gasteiger partial charge in [-0.3, -0.25) is 14.4 Å². The van der Waals surface area contributed by atoms with Gasteiger partial charge in [0.25, 0.3) is 0 Å². The second-order valence-electron chi connectivity index (χ2n) is 13.1. The average molecular weight is 609 g/mol. The fourth-order valence-electron chi connectivity index (χ4n) is 7.70. The molecule has 44 heavy (non-hydrogen) atoms. The van der Waals surface area contributed by atoms with E-state index < -0.39 is 71.1 Å². The molecule has 8 atom stereocenters. The molecule has 2 bridgehead atoms. The molecule has 0 unspecified atom stereocenters. The molecule has 3 aliphatic rings. The quantitative estimate of drug-likeness (QED) is 0.203. The zero-order valence-electron chi connectivity index (χ0n) is 26.6. The van der Waals surface area contributed by atoms with Crippen LogP contribution in [0.3, 0.4) is 0 Å². The number of aliphatic hydroxyl groups is 1. The average Bonchev–Trinajstić information content (AvgIpc) is 2.93. The third kappa shape index (κ3) is 6.39. The van der Waals surface area contributed by atoms with Gasteiger partial charge in [0.05, 0.1) is 11.5 Å². The van der Waals surface area contributed by atoms with Crippen LogP contribution >= 0.6 is 0 Å². The van der Waals surface area contributed by atoms with Crippen LogP contribution < -0.4 is 0 Å². The first-order chi connectivity index (χ1) is 20.6. The van der Waals surface area contributed by atoms with Crippen molar-refractivity contribution in [1.82, 2.24) is 0 Å². The highest BCUT2D eigenvalue weighted by Gasteiger charge is 2.64. The summed E-state index contributed by atoms with van der Waals surface area (Å²) in [6.45, 7) is 16.0. The van der Waals surface area contributed by atoms with Crippen LogP contribution in [-0.2, 0) is 38.1 Å². The topological polar surface area (TPSA) is 125 Å². The van der Waals surface area contributed by atoms with Crippen LogP contribution in [-0.4, -0.2) is 59.5 Å². The second-order valence-corrected chi connectivity index (χ2v) is 13.1. The minimum Gasteiger partial charge on any atom is -0.462 e. The van der Waals surface area contributed by atoms with Gasteiger partial charge in [0.1, 0.15) is 12.2 Å². The Hall–Kier alpha value is -3.72. The molecule has 2 fully saturated rings. The number of ether oxygens (including phenoxy) is 4. The van der Waals surface area contributed by atoms with Gasteiger partial charge in [0, 0.05) is 33.3 Å². The Kier molecular flexibility index (Phi) is 9.59. The van der Waals surface area contributed by atoms with Crippen LogP contribution in [0.2, 0.25) is 0 Å². The summed E-state index contributed by atoms with van der Waals surface area (Å²) in [6.07, 6.45) is -0.743. The van der Waals surface area contributed by atoms with Crippen LogP contribution in [0.4, 0.5) is 0 Å². The van der Waals surface area contributed by atoms with Crippen molar-refractivity contribution in [2.45, 2.75) is 98.2 Å². The van der Waals surface area contributed by atoms with E-state index in [0.717, 1.165) is 5.56 Å². The predicted molar refractivity (Wildman–Crippen MR) is 163 cm³/mol. The van der Waals surface area contributed by atoms with E-state index in [1.807, 2.05) is 58.0 Å². The molecule has 4 rings (SSSR count). The zero-order chi connectivity index (χ0) is 32.6. The summed E-state index contributed by atoms with van der Waals surface area (Å²) in [7, 11) is 0. The van der Waals surface area contributed by atoms with Gasteiger partial charge in [-0.2, -0.15) is 0 Å². The lowest BCUT2D eigenvalue weighted by Gasteiger charge is -2.59. The second kappa shape index (κ2) is 12.7. The summed E-state index contributed by atoms with van der Waals surface area (Å²) in [6, 6.07) is 9.33. The highest BCUT2D eigenvalue weighted by Crippen LogP contribution is 2.60. The predicted octanol–water partition coefficient (Wildman–Crippen LogP) is 5.12. The monoisotopic (exact) mass is 608 g/mol. The van der Waals surface area contributed by atoms with Crippen molar-refractivity contribution in [2.75, 3.05) is 0 Å². The number of aliphatic hydroxyl groups excluding tert-OH is 1. The standard InChI is InChI=1S/C35H44O9/c1-19-26-16-25-17-27(39)20(2)31(34(25,6)7)32(42-22(4)37)33(43-23(5)38)35(26,8)29(41-21(3)36)18-28(19)44-30(40)15-14-24-12-10-9-11-13-24/h9-15,25-29,32-33,39H,1,16-18H2,2-8H3/b15-14-/t25-,26-,27+,28+,29+,32-,33+,35+/m1/s1. The van der Waals surface area contributed by atoms with Gasteiger partial charge in [-0.05, 0) is 65.4 Å². The first-order valence-electron chi connectivity index (χ1n) is 15.1. The molecule has 1 aromatic carbocycles. The smallest absolute Gasteiger partial charge is 0.331 e. The van der Waals surface area contributed by atoms with Crippen LogP contribution in [0.1, 0.15) is 73.3 Å². The minimum atomic E-state index is -1.14. The summed E-state index contributed by atoms with van der Waals surface area (Å²) >= 11 is 0. The van der Waals surface area contributed by atoms with Crippen molar-refractivity contribution >= 4 is 30.0 Å². The van der Waals surface area contributed by atoms with Crippen molar-refractivity contribution in [3.05, 3.63) is 65.3 Å². The molecule has 0 aliphatic heterocycles. The molecule has 0 saturated heterocycles. The van der Waals surface area contributed by atoms with Crippen molar-refractivity contribution in [3.63, 3.8) is 0 Å². The number of hydrogen-bond acceptors (Lipinski definition) is 9. The highest BCUT2D eigenvalue weighted by molar-refractivity contribution is 5.87. The maximum atomic E-state index is 13.0. The Morgan fingerprint density at radius 2 is 1.50 bits per heavy atom. The molecular formula is C35H44O9. The van der Waals surface area contributed by atoms with Crippen molar-refractivity contribution in [2.24, 2.45) is 22.7 Å². The fourth-order valence-corrected chi connectivity index (χ4v) is 7.70. The molecule has 9 nitrogen and oxygen atoms in total. The number of hydrogen-bond donors (Lipinski definition) is 1. The van der Waals surface area contributed by atoms with E-state index in [0.29, 0.717) is 29.6 Å². The molecule has 0 heterocycles. The molecule has 238 valence electrons. The SMILES string of the molecule is C=C1[C@@H](OC(=O)/C=C\c2ccccc2)C[C@H](OC(C)=O)[C@]2(C)[C@@H]1C[C@@H]1C[C@H](O)C(C)=C([C@@H](OC(C)=O)[C@@H]2OC(C)=O)C1(C)C. The number of benzene rings is 1. The third-order valence-electron chi connectivity index (χ3n) is 9.94. The van der Waals surface area contributed by atoms with Crippen molar-refractivity contribution < 1.29 is 43.2 Å². The summed E-state index contributed by atoms with van der Waals surface area (Å²) in [4.78, 5) is 50.9. The van der Waals surface area contributed by atoms with Gasteiger partial charge in [-0.25, -0.2) is 4.79 Å². The summed E-state index contributed by atoms with van der Waals surface area (Å²) < 4.78 is 23.9. The van der Waals surface area contributed by atoms with Crippen molar-refractivity contribution in [3.8, 4) is 0 Å². The molecule has 1 N–H and O–H groups in total. The van der Waals surface area contributed by atoms with Gasteiger partial charge in [-0.15, -0.1) is 0 Å². The highest BCUT2D eigenvalue weighted by atomic mass is 16.6. The summed E-state index contributed by atoms with van der Waals surface area (Å²) in [5.41, 5.74) is 1.04. The van der Waals surface area contributed by atoms with E-state index in [1.54, 1.807) is 6.08 Å². The first kappa shape index (κ1) is 33.2. The number of carbonyl (C=O) groups excluding carboxylic acids is 4. The lowest BCUT2D eigenvalue weighted by molar-refractivity contribution is -0.212. The molecule has 3 aliphatic carbocycles. The Morgan fingerprint density at radius 3 is 2.09 bits per heavy atom. The largest absolute Gasteiger partial charge is 0.462 e. The zero-order valence-corrected chi connectivity index (χ0v) is 26.6. The van der Waals surface area contributed by atoms with Gasteiger partial charge in [0.15, 0.2) is 12.2 Å². The number of esters is 4. The molecule has 9 heteroatoms. The molecule has 0 radical (unpaired) electrons.